The molecule has 1 rings (SSSR count). The average molecular weight is 292 g/mol. The number of hydrogen-bond acceptors (Lipinski definition) is 1. The van der Waals surface area contributed by atoms with Crippen LogP contribution in [0.15, 0.2) is 29.2 Å². The molecule has 0 aromatic heterocycles. The number of aryl methyl sites for hydroxylation is 1. The van der Waals surface area contributed by atoms with Gasteiger partial charge in [0.15, 0.2) is 11.1 Å². The van der Waals surface area contributed by atoms with Gasteiger partial charge < -0.3 is 4.55 Å². The van der Waals surface area contributed by atoms with Crippen LogP contribution in [0, 0.1) is 0 Å². The quantitative estimate of drug-likeness (QED) is 0.425. The molecule has 104 valence electrons. The van der Waals surface area contributed by atoms with Crippen molar-refractivity contribution in [3.63, 3.8) is 0 Å². The summed E-state index contributed by atoms with van der Waals surface area (Å²) in [4.78, 5) is 0.485. The minimum absolute atomic E-state index is 0. The average Bonchev–Trinajstić information content (AvgIpc) is 2.38. The molecule has 1 N–H and O–H groups in total. The van der Waals surface area contributed by atoms with Crippen molar-refractivity contribution in [1.82, 2.24) is 0 Å². The number of benzene rings is 1. The van der Waals surface area contributed by atoms with E-state index in [1.54, 1.807) is 12.1 Å². The van der Waals surface area contributed by atoms with Crippen molar-refractivity contribution >= 4 is 40.6 Å². The number of unbranched alkanes of at least 4 members (excludes halogenated alkanes) is 6. The fraction of sp³-hybridized carbons (Fsp3) is 0.600. The standard InChI is InChI=1S/C15H24O2S.Na.H/c1-2-3-4-5-6-7-8-9-14-10-12-15(13-11-14)18(16)17;;/h10-13H,2-9H2,1H3,(H,16,17);;. The van der Waals surface area contributed by atoms with Crippen molar-refractivity contribution in [1.29, 1.82) is 0 Å². The molecule has 1 aromatic carbocycles. The van der Waals surface area contributed by atoms with Gasteiger partial charge in [-0.25, -0.2) is 4.21 Å². The van der Waals surface area contributed by atoms with Gasteiger partial charge in [0.2, 0.25) is 0 Å². The Bertz CT molecular complexity index is 352. The van der Waals surface area contributed by atoms with Gasteiger partial charge in [-0.1, -0.05) is 57.6 Å². The van der Waals surface area contributed by atoms with Crippen LogP contribution >= 0.6 is 0 Å². The second-order valence-corrected chi connectivity index (χ2v) is 5.73. The molecule has 1 atom stereocenters. The maximum absolute atomic E-state index is 10.8. The van der Waals surface area contributed by atoms with E-state index in [0.29, 0.717) is 4.90 Å². The van der Waals surface area contributed by atoms with Crippen LogP contribution in [0.5, 0.6) is 0 Å². The molecular formula is C15H25NaO2S. The van der Waals surface area contributed by atoms with Gasteiger partial charge in [0.1, 0.15) is 0 Å². The third-order valence-electron chi connectivity index (χ3n) is 3.19. The van der Waals surface area contributed by atoms with E-state index < -0.39 is 11.1 Å². The van der Waals surface area contributed by atoms with Crippen molar-refractivity contribution in [2.75, 3.05) is 0 Å². The Kier molecular flexibility index (Phi) is 12.3. The molecule has 2 nitrogen and oxygen atoms in total. The van der Waals surface area contributed by atoms with Crippen molar-refractivity contribution in [3.8, 4) is 0 Å². The van der Waals surface area contributed by atoms with E-state index >= 15 is 0 Å². The molecule has 0 saturated heterocycles. The summed E-state index contributed by atoms with van der Waals surface area (Å²) in [5.74, 6) is 0. The van der Waals surface area contributed by atoms with Gasteiger partial charge in [-0.2, -0.15) is 0 Å². The molecule has 0 bridgehead atoms. The predicted octanol–water partition coefficient (Wildman–Crippen LogP) is 3.91. The Morgan fingerprint density at radius 2 is 1.47 bits per heavy atom. The zero-order chi connectivity index (χ0) is 13.2. The van der Waals surface area contributed by atoms with Crippen LogP contribution in [0.4, 0.5) is 0 Å². The first-order valence-corrected chi connectivity index (χ1v) is 8.04. The van der Waals surface area contributed by atoms with Crippen molar-refractivity contribution in [3.05, 3.63) is 29.8 Å². The van der Waals surface area contributed by atoms with Crippen LogP contribution in [-0.2, 0) is 17.5 Å². The first-order valence-electron chi connectivity index (χ1n) is 6.94. The zero-order valence-corrected chi connectivity index (χ0v) is 12.0. The summed E-state index contributed by atoms with van der Waals surface area (Å²) in [6.45, 7) is 2.24. The zero-order valence-electron chi connectivity index (χ0n) is 11.2. The van der Waals surface area contributed by atoms with E-state index in [4.69, 9.17) is 4.55 Å². The Balaban J connectivity index is 0.00000324. The van der Waals surface area contributed by atoms with Gasteiger partial charge >= 0.3 is 29.6 Å². The molecule has 0 fully saturated rings. The van der Waals surface area contributed by atoms with Gasteiger partial charge in [-0.3, -0.25) is 0 Å². The molecular weight excluding hydrogens is 267 g/mol. The summed E-state index contributed by atoms with van der Waals surface area (Å²) in [6.07, 6.45) is 10.3. The van der Waals surface area contributed by atoms with Crippen LogP contribution in [0.1, 0.15) is 57.4 Å². The SMILES string of the molecule is CCCCCCCCCc1ccc(S(=O)O)cc1.[NaH]. The van der Waals surface area contributed by atoms with Gasteiger partial charge in [0.05, 0.1) is 4.90 Å². The summed E-state index contributed by atoms with van der Waals surface area (Å²) in [6, 6.07) is 7.40. The molecule has 0 aliphatic carbocycles. The third-order valence-corrected chi connectivity index (χ3v) is 3.87. The van der Waals surface area contributed by atoms with E-state index in [9.17, 15) is 4.21 Å². The fourth-order valence-corrected chi connectivity index (χ4v) is 2.43. The van der Waals surface area contributed by atoms with E-state index in [1.807, 2.05) is 12.1 Å². The first kappa shape index (κ1) is 19.3. The van der Waals surface area contributed by atoms with E-state index in [2.05, 4.69) is 6.92 Å². The molecule has 4 heteroatoms. The molecule has 19 heavy (non-hydrogen) atoms. The Hall–Kier alpha value is 0.330. The van der Waals surface area contributed by atoms with Gasteiger partial charge in [-0.05, 0) is 30.5 Å². The normalized spacial score (nSPS) is 11.9. The molecule has 0 heterocycles. The summed E-state index contributed by atoms with van der Waals surface area (Å²) in [7, 11) is 0. The van der Waals surface area contributed by atoms with Crippen LogP contribution in [0.2, 0.25) is 0 Å². The third kappa shape index (κ3) is 8.98. The maximum atomic E-state index is 10.8. The summed E-state index contributed by atoms with van der Waals surface area (Å²) in [5.41, 5.74) is 1.26. The molecule has 1 unspecified atom stereocenters. The van der Waals surface area contributed by atoms with Crippen molar-refractivity contribution in [2.24, 2.45) is 0 Å². The Morgan fingerprint density at radius 1 is 0.947 bits per heavy atom. The van der Waals surface area contributed by atoms with Crippen LogP contribution in [0.3, 0.4) is 0 Å². The second-order valence-electron chi connectivity index (χ2n) is 4.76. The van der Waals surface area contributed by atoms with Gasteiger partial charge in [-0.15, -0.1) is 0 Å². The second kappa shape index (κ2) is 12.1. The fourth-order valence-electron chi connectivity index (χ4n) is 2.06. The summed E-state index contributed by atoms with van der Waals surface area (Å²) < 4.78 is 19.7. The Labute approximate surface area is 142 Å². The van der Waals surface area contributed by atoms with Crippen LogP contribution in [-0.4, -0.2) is 38.3 Å². The number of hydrogen-bond donors (Lipinski definition) is 1. The molecule has 0 amide bonds. The van der Waals surface area contributed by atoms with E-state index in [-0.39, 0.29) is 29.6 Å². The van der Waals surface area contributed by atoms with Crippen molar-refractivity contribution < 1.29 is 8.76 Å². The molecule has 0 aliphatic heterocycles. The van der Waals surface area contributed by atoms with E-state index in [1.165, 1.54) is 50.5 Å². The van der Waals surface area contributed by atoms with Gasteiger partial charge in [0, 0.05) is 0 Å². The van der Waals surface area contributed by atoms with Crippen LogP contribution < -0.4 is 0 Å². The van der Waals surface area contributed by atoms with E-state index in [0.717, 1.165) is 6.42 Å². The molecule has 1 aromatic rings. The predicted molar refractivity (Wildman–Crippen MR) is 84.3 cm³/mol. The monoisotopic (exact) mass is 292 g/mol. The van der Waals surface area contributed by atoms with Crippen LogP contribution in [0.25, 0.3) is 0 Å². The molecule has 0 aliphatic rings. The van der Waals surface area contributed by atoms with Gasteiger partial charge in [0.25, 0.3) is 0 Å². The topological polar surface area (TPSA) is 37.3 Å². The number of rotatable bonds is 9. The molecule has 0 saturated carbocycles. The molecule has 0 radical (unpaired) electrons. The summed E-state index contributed by atoms with van der Waals surface area (Å²) >= 11 is -1.85. The Morgan fingerprint density at radius 3 is 2.00 bits per heavy atom. The van der Waals surface area contributed by atoms with Crippen molar-refractivity contribution in [2.45, 2.75) is 63.2 Å². The first-order chi connectivity index (χ1) is 8.74. The summed E-state index contributed by atoms with van der Waals surface area (Å²) in [5, 5.41) is 0. The molecule has 0 spiro atoms. The minimum atomic E-state index is -1.85.